The van der Waals surface area contributed by atoms with Gasteiger partial charge in [0.1, 0.15) is 12.3 Å². The summed E-state index contributed by atoms with van der Waals surface area (Å²) in [6.07, 6.45) is 9.62. The topological polar surface area (TPSA) is 69.9 Å². The summed E-state index contributed by atoms with van der Waals surface area (Å²) in [6, 6.07) is 4.34. The molecule has 0 spiro atoms. The lowest BCUT2D eigenvalue weighted by Crippen LogP contribution is -2.44. The van der Waals surface area contributed by atoms with Crippen LogP contribution in [0.4, 0.5) is 0 Å². The molecule has 0 aromatic carbocycles. The van der Waals surface area contributed by atoms with Gasteiger partial charge in [-0.3, -0.25) is 4.79 Å². The van der Waals surface area contributed by atoms with E-state index in [2.05, 4.69) is 15.6 Å². The zero-order valence-electron chi connectivity index (χ0n) is 14.7. The van der Waals surface area contributed by atoms with Gasteiger partial charge in [0.25, 0.3) is 0 Å². The first kappa shape index (κ1) is 20.1. The molecule has 1 aliphatic heterocycles. The lowest BCUT2D eigenvalue weighted by atomic mass is 10.2. The number of amides is 1. The summed E-state index contributed by atoms with van der Waals surface area (Å²) in [7, 11) is 0. The number of nitrogens with one attached hydrogen (secondary N) is 2. The third-order valence-electron chi connectivity index (χ3n) is 4.77. The molecule has 0 atom stereocenters. The predicted molar refractivity (Wildman–Crippen MR) is 109 cm³/mol. The Bertz CT molecular complexity index is 535. The maximum atomic E-state index is 12.2. The first-order valence-electron chi connectivity index (χ1n) is 9.16. The number of carbonyl (C=O) groups excluding carboxylic acids is 1. The molecule has 2 N–H and O–H groups in total. The van der Waals surface area contributed by atoms with Gasteiger partial charge in [-0.2, -0.15) is 0 Å². The molecule has 140 valence electrons. The average Bonchev–Trinajstić information content (AvgIpc) is 3.34. The number of furan rings is 1. The van der Waals surface area contributed by atoms with Crippen LogP contribution in [0.2, 0.25) is 0 Å². The summed E-state index contributed by atoms with van der Waals surface area (Å²) < 4.78 is 5.35. The van der Waals surface area contributed by atoms with E-state index >= 15 is 0 Å². The Morgan fingerprint density at radius 1 is 1.24 bits per heavy atom. The predicted octanol–water partition coefficient (Wildman–Crippen LogP) is 2.54. The van der Waals surface area contributed by atoms with Crippen molar-refractivity contribution < 1.29 is 9.21 Å². The molecule has 1 aliphatic carbocycles. The van der Waals surface area contributed by atoms with E-state index in [9.17, 15) is 4.79 Å². The second-order valence-corrected chi connectivity index (χ2v) is 6.63. The molecule has 1 saturated heterocycles. The number of hydrogen-bond donors (Lipinski definition) is 2. The van der Waals surface area contributed by atoms with Crippen LogP contribution < -0.4 is 10.6 Å². The number of nitrogens with zero attached hydrogens (tertiary/aromatic N) is 2. The monoisotopic (exact) mass is 460 g/mol. The molecule has 2 fully saturated rings. The van der Waals surface area contributed by atoms with Gasteiger partial charge in [0.15, 0.2) is 5.96 Å². The Balaban J connectivity index is 0.00000225. The van der Waals surface area contributed by atoms with Gasteiger partial charge < -0.3 is 20.0 Å². The highest BCUT2D eigenvalue weighted by Gasteiger charge is 2.19. The zero-order chi connectivity index (χ0) is 16.6. The largest absolute Gasteiger partial charge is 0.469 e. The number of rotatable bonds is 6. The maximum Gasteiger partial charge on any atom is 0.244 e. The van der Waals surface area contributed by atoms with Crippen LogP contribution in [0.3, 0.4) is 0 Å². The van der Waals surface area contributed by atoms with Crippen molar-refractivity contribution in [3.8, 4) is 0 Å². The van der Waals surface area contributed by atoms with E-state index < -0.39 is 0 Å². The molecule has 25 heavy (non-hydrogen) atoms. The van der Waals surface area contributed by atoms with E-state index in [4.69, 9.17) is 4.42 Å². The van der Waals surface area contributed by atoms with Crippen LogP contribution in [-0.2, 0) is 11.2 Å². The van der Waals surface area contributed by atoms with Crippen molar-refractivity contribution in [2.24, 2.45) is 4.99 Å². The minimum absolute atomic E-state index is 0. The first-order valence-corrected chi connectivity index (χ1v) is 9.16. The standard InChI is InChI=1S/C18H28N4O2.HI/c23-17(22-11-3-4-12-22)14-20-18(21-15-6-1-2-7-15)19-10-9-16-8-5-13-24-16;/h5,8,13,15H,1-4,6-7,9-12,14H2,(H2,19,20,21);1H. The van der Waals surface area contributed by atoms with Crippen molar-refractivity contribution in [2.75, 3.05) is 26.2 Å². The Labute approximate surface area is 166 Å². The fourth-order valence-electron chi connectivity index (χ4n) is 3.39. The zero-order valence-corrected chi connectivity index (χ0v) is 17.0. The van der Waals surface area contributed by atoms with Crippen LogP contribution in [0.15, 0.2) is 27.8 Å². The Kier molecular flexibility index (Phi) is 8.57. The van der Waals surface area contributed by atoms with Crippen LogP contribution in [-0.4, -0.2) is 49.0 Å². The van der Waals surface area contributed by atoms with Crippen molar-refractivity contribution >= 4 is 35.8 Å². The van der Waals surface area contributed by atoms with Gasteiger partial charge in [0.2, 0.25) is 5.91 Å². The van der Waals surface area contributed by atoms with E-state index in [-0.39, 0.29) is 36.4 Å². The molecule has 1 amide bonds. The Morgan fingerprint density at radius 2 is 2.00 bits per heavy atom. The van der Waals surface area contributed by atoms with Crippen LogP contribution in [0.25, 0.3) is 0 Å². The van der Waals surface area contributed by atoms with Gasteiger partial charge in [-0.1, -0.05) is 12.8 Å². The third-order valence-corrected chi connectivity index (χ3v) is 4.77. The van der Waals surface area contributed by atoms with Gasteiger partial charge in [-0.25, -0.2) is 4.99 Å². The highest BCUT2D eigenvalue weighted by atomic mass is 127. The van der Waals surface area contributed by atoms with Crippen LogP contribution in [0, 0.1) is 0 Å². The van der Waals surface area contributed by atoms with Crippen molar-refractivity contribution in [2.45, 2.75) is 51.0 Å². The molecule has 0 bridgehead atoms. The molecule has 3 rings (SSSR count). The number of likely N-dealkylation sites (tertiary alicyclic amines) is 1. The maximum absolute atomic E-state index is 12.2. The Hall–Kier alpha value is -1.25. The average molecular weight is 460 g/mol. The summed E-state index contributed by atoms with van der Waals surface area (Å²) in [5.41, 5.74) is 0. The van der Waals surface area contributed by atoms with Crippen molar-refractivity contribution in [3.63, 3.8) is 0 Å². The SMILES string of the molecule is I.O=C(CN=C(NCCc1ccco1)NC1CCCC1)N1CCCC1. The number of aliphatic imine (C=N–C) groups is 1. The molecule has 0 radical (unpaired) electrons. The molecular weight excluding hydrogens is 431 g/mol. The van der Waals surface area contributed by atoms with E-state index in [1.807, 2.05) is 17.0 Å². The molecule has 2 aliphatic rings. The van der Waals surface area contributed by atoms with Gasteiger partial charge in [-0.05, 0) is 37.8 Å². The van der Waals surface area contributed by atoms with E-state index in [1.165, 1.54) is 25.7 Å². The first-order chi connectivity index (χ1) is 11.8. The molecular formula is C18H29IN4O2. The lowest BCUT2D eigenvalue weighted by molar-refractivity contribution is -0.128. The van der Waals surface area contributed by atoms with Crippen LogP contribution in [0.5, 0.6) is 0 Å². The van der Waals surface area contributed by atoms with Gasteiger partial charge in [-0.15, -0.1) is 24.0 Å². The van der Waals surface area contributed by atoms with Crippen molar-refractivity contribution in [3.05, 3.63) is 24.2 Å². The fourth-order valence-corrected chi connectivity index (χ4v) is 3.39. The molecule has 7 heteroatoms. The van der Waals surface area contributed by atoms with E-state index in [0.717, 1.165) is 50.6 Å². The highest BCUT2D eigenvalue weighted by Crippen LogP contribution is 2.17. The van der Waals surface area contributed by atoms with E-state index in [1.54, 1.807) is 6.26 Å². The number of halogens is 1. The summed E-state index contributed by atoms with van der Waals surface area (Å²) in [6.45, 7) is 2.73. The second-order valence-electron chi connectivity index (χ2n) is 6.63. The summed E-state index contributed by atoms with van der Waals surface area (Å²) in [5.74, 6) is 1.84. The van der Waals surface area contributed by atoms with Crippen LogP contribution in [0.1, 0.15) is 44.3 Å². The molecule has 0 unspecified atom stereocenters. The molecule has 6 nitrogen and oxygen atoms in total. The minimum atomic E-state index is 0. The van der Waals surface area contributed by atoms with E-state index in [0.29, 0.717) is 6.04 Å². The highest BCUT2D eigenvalue weighted by molar-refractivity contribution is 14.0. The fraction of sp³-hybridized carbons (Fsp3) is 0.667. The third kappa shape index (κ3) is 6.52. The van der Waals surface area contributed by atoms with Gasteiger partial charge >= 0.3 is 0 Å². The normalized spacial score (nSPS) is 18.2. The van der Waals surface area contributed by atoms with Crippen molar-refractivity contribution in [1.82, 2.24) is 15.5 Å². The molecule has 1 aromatic heterocycles. The van der Waals surface area contributed by atoms with Gasteiger partial charge in [0.05, 0.1) is 6.26 Å². The Morgan fingerprint density at radius 3 is 2.68 bits per heavy atom. The van der Waals surface area contributed by atoms with Gasteiger partial charge in [0, 0.05) is 32.1 Å². The quantitative estimate of drug-likeness (QED) is 0.389. The smallest absolute Gasteiger partial charge is 0.244 e. The molecule has 1 aromatic rings. The number of hydrogen-bond acceptors (Lipinski definition) is 3. The van der Waals surface area contributed by atoms with Crippen LogP contribution >= 0.6 is 24.0 Å². The lowest BCUT2D eigenvalue weighted by Gasteiger charge is -2.18. The minimum Gasteiger partial charge on any atom is -0.469 e. The van der Waals surface area contributed by atoms with Crippen molar-refractivity contribution in [1.29, 1.82) is 0 Å². The molecule has 2 heterocycles. The summed E-state index contributed by atoms with van der Waals surface area (Å²) in [5, 5.41) is 6.82. The number of guanidine groups is 1. The summed E-state index contributed by atoms with van der Waals surface area (Å²) >= 11 is 0. The second kappa shape index (κ2) is 10.7. The summed E-state index contributed by atoms with van der Waals surface area (Å²) in [4.78, 5) is 18.6. The number of carbonyl (C=O) groups is 1. The molecule has 1 saturated carbocycles.